The Kier molecular flexibility index (Phi) is 5.86. The summed E-state index contributed by atoms with van der Waals surface area (Å²) in [5, 5.41) is 2.05. The third kappa shape index (κ3) is 4.81. The minimum atomic E-state index is -0.789. The van der Waals surface area contributed by atoms with Crippen LogP contribution in [0, 0.1) is 0 Å². The lowest BCUT2D eigenvalue weighted by Gasteiger charge is -2.18. The molecule has 0 aliphatic carbocycles. The Morgan fingerprint density at radius 3 is 2.37 bits per heavy atom. The number of thioether (sulfide) groups is 1. The van der Waals surface area contributed by atoms with E-state index in [-0.39, 0.29) is 11.1 Å². The number of imide groups is 1. The number of hydrogen-bond donors (Lipinski definition) is 2. The number of amides is 2. The molecule has 1 fully saturated rings. The van der Waals surface area contributed by atoms with E-state index in [2.05, 4.69) is 10.3 Å². The molecule has 2 amide bonds. The van der Waals surface area contributed by atoms with E-state index < -0.39 is 4.75 Å². The topological polar surface area (TPSA) is 108 Å². The van der Waals surface area contributed by atoms with Crippen LogP contribution >= 0.6 is 11.8 Å². The van der Waals surface area contributed by atoms with E-state index >= 15 is 0 Å². The van der Waals surface area contributed by atoms with Gasteiger partial charge in [-0.1, -0.05) is 12.1 Å². The summed E-state index contributed by atoms with van der Waals surface area (Å²) in [6.45, 7) is 2.07. The van der Waals surface area contributed by atoms with Crippen molar-refractivity contribution in [1.29, 1.82) is 0 Å². The largest absolute Gasteiger partial charge is 0.486 e. The molecule has 0 bridgehead atoms. The van der Waals surface area contributed by atoms with Crippen LogP contribution in [0.2, 0.25) is 0 Å². The molecule has 0 saturated carbocycles. The van der Waals surface area contributed by atoms with E-state index in [1.54, 1.807) is 19.1 Å². The number of carbonyl (C=O) groups is 2. The Hall–Kier alpha value is -3.98. The van der Waals surface area contributed by atoms with Crippen LogP contribution in [0.4, 0.5) is 10.5 Å². The van der Waals surface area contributed by atoms with Crippen LogP contribution in [0.5, 0.6) is 17.2 Å². The second-order valence-electron chi connectivity index (χ2n) is 8.59. The minimum Gasteiger partial charge on any atom is -0.486 e. The van der Waals surface area contributed by atoms with Crippen molar-refractivity contribution in [3.05, 3.63) is 78.1 Å². The number of nitrogens with zero attached hydrogens (tertiary/aromatic N) is 2. The third-order valence-corrected chi connectivity index (χ3v) is 6.98. The molecule has 0 spiro atoms. The summed E-state index contributed by atoms with van der Waals surface area (Å²) >= 11 is 1.03. The molecule has 178 valence electrons. The number of rotatable bonds is 7. The number of benzene rings is 3. The normalized spacial score (nSPS) is 17.5. The predicted octanol–water partition coefficient (Wildman–Crippen LogP) is 4.81. The number of imidazole rings is 1. The van der Waals surface area contributed by atoms with Crippen LogP contribution in [0.15, 0.2) is 66.7 Å². The number of aromatic nitrogens is 2. The maximum atomic E-state index is 12.1. The van der Waals surface area contributed by atoms with Crippen molar-refractivity contribution >= 4 is 39.6 Å². The molecular weight excluding hydrogens is 464 g/mol. The Morgan fingerprint density at radius 1 is 1.00 bits per heavy atom. The van der Waals surface area contributed by atoms with Crippen LogP contribution in [-0.2, 0) is 24.9 Å². The molecular formula is C26H24N4O4S. The average Bonchev–Trinajstić information content (AvgIpc) is 3.28. The van der Waals surface area contributed by atoms with E-state index in [0.717, 1.165) is 34.2 Å². The van der Waals surface area contributed by atoms with Crippen molar-refractivity contribution in [1.82, 2.24) is 14.9 Å². The average molecular weight is 489 g/mol. The van der Waals surface area contributed by atoms with Gasteiger partial charge in [-0.25, -0.2) is 4.98 Å². The lowest BCUT2D eigenvalue weighted by atomic mass is 9.99. The summed E-state index contributed by atoms with van der Waals surface area (Å²) in [6.07, 6.45) is 0.459. The van der Waals surface area contributed by atoms with Crippen molar-refractivity contribution in [2.45, 2.75) is 24.7 Å². The van der Waals surface area contributed by atoms with Gasteiger partial charge < -0.3 is 19.8 Å². The van der Waals surface area contributed by atoms with E-state index in [4.69, 9.17) is 15.2 Å². The molecule has 1 aliphatic heterocycles. The Labute approximate surface area is 206 Å². The molecule has 1 atom stereocenters. The summed E-state index contributed by atoms with van der Waals surface area (Å²) in [4.78, 5) is 28.3. The van der Waals surface area contributed by atoms with Gasteiger partial charge in [0.25, 0.3) is 5.24 Å². The zero-order valence-electron chi connectivity index (χ0n) is 19.3. The van der Waals surface area contributed by atoms with Crippen LogP contribution in [0.25, 0.3) is 11.0 Å². The highest BCUT2D eigenvalue weighted by Crippen LogP contribution is 2.35. The molecule has 1 unspecified atom stereocenters. The SMILES string of the molecule is Cn1c(COc2ccc(CC3(C)SC(=O)NC3=O)cc2)nc2ccc(Oc3ccc(N)cc3)cc21. The number of nitrogen functional groups attached to an aromatic ring is 1. The third-order valence-electron chi connectivity index (χ3n) is 5.91. The standard InChI is InChI=1S/C26H24N4O4S/c1-26(24(31)29-25(32)35-26)14-16-3-7-18(8-4-16)33-15-23-28-21-12-11-20(13-22(21)30(23)2)34-19-9-5-17(27)6-10-19/h3-13H,14-15,27H2,1-2H3,(H,29,31,32). The molecule has 0 radical (unpaired) electrons. The van der Waals surface area contributed by atoms with Gasteiger partial charge in [-0.05, 0) is 79.2 Å². The van der Waals surface area contributed by atoms with E-state index in [1.165, 1.54) is 0 Å². The van der Waals surface area contributed by atoms with Crippen LogP contribution in [0.1, 0.15) is 18.3 Å². The maximum absolute atomic E-state index is 12.1. The second kappa shape index (κ2) is 8.99. The summed E-state index contributed by atoms with van der Waals surface area (Å²) in [6, 6.07) is 20.5. The fourth-order valence-corrected chi connectivity index (χ4v) is 4.88. The van der Waals surface area contributed by atoms with Crippen molar-refractivity contribution in [3.8, 4) is 17.2 Å². The summed E-state index contributed by atoms with van der Waals surface area (Å²) in [7, 11) is 1.94. The Bertz CT molecular complexity index is 1420. The molecule has 1 saturated heterocycles. The lowest BCUT2D eigenvalue weighted by Crippen LogP contribution is -2.35. The van der Waals surface area contributed by atoms with Gasteiger partial charge in [0.05, 0.1) is 11.0 Å². The van der Waals surface area contributed by atoms with Gasteiger partial charge in [0.2, 0.25) is 5.91 Å². The number of anilines is 1. The minimum absolute atomic E-state index is 0.253. The molecule has 9 heteroatoms. The number of nitrogens with two attached hydrogens (primary N) is 1. The summed E-state index contributed by atoms with van der Waals surface area (Å²) < 4.78 is 13.1. The van der Waals surface area contributed by atoms with Crippen molar-refractivity contribution in [2.24, 2.45) is 7.05 Å². The summed E-state index contributed by atoms with van der Waals surface area (Å²) in [5.41, 5.74) is 9.16. The fraction of sp³-hybridized carbons (Fsp3) is 0.192. The summed E-state index contributed by atoms with van der Waals surface area (Å²) in [5.74, 6) is 2.63. The van der Waals surface area contributed by atoms with Gasteiger partial charge in [0.1, 0.15) is 34.4 Å². The number of ether oxygens (including phenoxy) is 2. The lowest BCUT2D eigenvalue weighted by molar-refractivity contribution is -0.121. The zero-order valence-corrected chi connectivity index (χ0v) is 20.1. The van der Waals surface area contributed by atoms with Gasteiger partial charge in [-0.3, -0.25) is 14.9 Å². The first-order valence-electron chi connectivity index (χ1n) is 11.0. The molecule has 2 heterocycles. The highest BCUT2D eigenvalue weighted by atomic mass is 32.2. The van der Waals surface area contributed by atoms with Crippen LogP contribution in [-0.4, -0.2) is 25.4 Å². The molecule has 3 N–H and O–H groups in total. The monoisotopic (exact) mass is 488 g/mol. The van der Waals surface area contributed by atoms with Crippen molar-refractivity contribution in [3.63, 3.8) is 0 Å². The Morgan fingerprint density at radius 2 is 1.69 bits per heavy atom. The first-order valence-corrected chi connectivity index (χ1v) is 11.9. The van der Waals surface area contributed by atoms with E-state index in [9.17, 15) is 9.59 Å². The quantitative estimate of drug-likeness (QED) is 0.359. The van der Waals surface area contributed by atoms with Crippen molar-refractivity contribution in [2.75, 3.05) is 5.73 Å². The molecule has 8 nitrogen and oxygen atoms in total. The Balaban J connectivity index is 1.25. The van der Waals surface area contributed by atoms with Gasteiger partial charge in [0.15, 0.2) is 0 Å². The molecule has 35 heavy (non-hydrogen) atoms. The molecule has 5 rings (SSSR count). The van der Waals surface area contributed by atoms with Crippen LogP contribution < -0.4 is 20.5 Å². The number of fused-ring (bicyclic) bond motifs is 1. The number of hydrogen-bond acceptors (Lipinski definition) is 7. The van der Waals surface area contributed by atoms with Crippen molar-refractivity contribution < 1.29 is 19.1 Å². The highest BCUT2D eigenvalue weighted by Gasteiger charge is 2.43. The van der Waals surface area contributed by atoms with Gasteiger partial charge in [-0.2, -0.15) is 0 Å². The number of carbonyl (C=O) groups excluding carboxylic acids is 2. The van der Waals surface area contributed by atoms with Gasteiger partial charge >= 0.3 is 0 Å². The molecule has 4 aromatic rings. The first-order chi connectivity index (χ1) is 16.8. The van der Waals surface area contributed by atoms with Gasteiger partial charge in [-0.15, -0.1) is 0 Å². The molecule has 1 aliphatic rings. The smallest absolute Gasteiger partial charge is 0.286 e. The maximum Gasteiger partial charge on any atom is 0.286 e. The first kappa shape index (κ1) is 22.8. The van der Waals surface area contributed by atoms with Crippen LogP contribution in [0.3, 0.4) is 0 Å². The second-order valence-corrected chi connectivity index (χ2v) is 10.1. The molecule has 3 aromatic carbocycles. The van der Waals surface area contributed by atoms with E-state index in [0.29, 0.717) is 36.0 Å². The van der Waals surface area contributed by atoms with E-state index in [1.807, 2.05) is 66.2 Å². The zero-order chi connectivity index (χ0) is 24.6. The van der Waals surface area contributed by atoms with Gasteiger partial charge in [0, 0.05) is 18.8 Å². The number of aryl methyl sites for hydroxylation is 1. The number of nitrogens with one attached hydrogen (secondary N) is 1. The molecule has 1 aromatic heterocycles. The predicted molar refractivity (Wildman–Crippen MR) is 136 cm³/mol. The fourth-order valence-electron chi connectivity index (χ4n) is 3.94. The highest BCUT2D eigenvalue weighted by molar-refractivity contribution is 8.16.